The van der Waals surface area contributed by atoms with Crippen molar-refractivity contribution in [2.75, 3.05) is 0 Å². The van der Waals surface area contributed by atoms with Crippen molar-refractivity contribution < 1.29 is 18.7 Å². The van der Waals surface area contributed by atoms with E-state index in [9.17, 15) is 9.18 Å². The van der Waals surface area contributed by atoms with Crippen molar-refractivity contribution in [1.29, 1.82) is 0 Å². The summed E-state index contributed by atoms with van der Waals surface area (Å²) < 4.78 is 18.3. The lowest BCUT2D eigenvalue weighted by atomic mass is 10.1. The summed E-state index contributed by atoms with van der Waals surface area (Å²) in [7, 11) is 0. The molecule has 0 fully saturated rings. The van der Waals surface area contributed by atoms with Crippen LogP contribution in [-0.4, -0.2) is 11.1 Å². The molecule has 14 heavy (non-hydrogen) atoms. The van der Waals surface area contributed by atoms with Crippen LogP contribution in [0.4, 0.5) is 4.39 Å². The zero-order chi connectivity index (χ0) is 10.3. The van der Waals surface area contributed by atoms with E-state index in [-0.39, 0.29) is 11.1 Å². The van der Waals surface area contributed by atoms with Gasteiger partial charge in [-0.2, -0.15) is 0 Å². The lowest BCUT2D eigenvalue weighted by molar-refractivity contribution is 0.0698. The average molecular weight is 194 g/mol. The number of halogens is 1. The Hall–Kier alpha value is -1.84. The summed E-state index contributed by atoms with van der Waals surface area (Å²) >= 11 is 0. The van der Waals surface area contributed by atoms with E-state index in [1.165, 1.54) is 6.07 Å². The summed E-state index contributed by atoms with van der Waals surface area (Å²) in [6.45, 7) is 1.59. The van der Waals surface area contributed by atoms with E-state index >= 15 is 0 Å². The third-order valence-electron chi connectivity index (χ3n) is 2.11. The first-order chi connectivity index (χ1) is 6.61. The predicted molar refractivity (Wildman–Crippen MR) is 47.9 cm³/mol. The molecule has 0 aliphatic rings. The van der Waals surface area contributed by atoms with Crippen molar-refractivity contribution in [3.05, 3.63) is 35.3 Å². The van der Waals surface area contributed by atoms with Gasteiger partial charge >= 0.3 is 5.97 Å². The molecule has 3 nitrogen and oxygen atoms in total. The maximum atomic E-state index is 13.4. The number of benzene rings is 1. The first kappa shape index (κ1) is 8.74. The fourth-order valence-electron chi connectivity index (χ4n) is 1.33. The molecule has 0 amide bonds. The van der Waals surface area contributed by atoms with E-state index in [0.717, 1.165) is 6.26 Å². The van der Waals surface area contributed by atoms with E-state index in [1.54, 1.807) is 13.0 Å². The fourth-order valence-corrected chi connectivity index (χ4v) is 1.33. The van der Waals surface area contributed by atoms with Crippen LogP contribution in [0.5, 0.6) is 0 Å². The molecule has 0 aliphatic carbocycles. The van der Waals surface area contributed by atoms with Crippen LogP contribution in [0.25, 0.3) is 11.0 Å². The highest BCUT2D eigenvalue weighted by Gasteiger charge is 2.15. The van der Waals surface area contributed by atoms with Gasteiger partial charge in [-0.15, -0.1) is 0 Å². The van der Waals surface area contributed by atoms with Gasteiger partial charge in [-0.3, -0.25) is 0 Å². The molecule has 1 aromatic heterocycles. The van der Waals surface area contributed by atoms with Crippen molar-refractivity contribution in [2.24, 2.45) is 0 Å². The number of carbonyl (C=O) groups is 1. The Morgan fingerprint density at radius 2 is 2.21 bits per heavy atom. The largest absolute Gasteiger partial charge is 0.478 e. The van der Waals surface area contributed by atoms with Gasteiger partial charge in [-0.05, 0) is 18.6 Å². The topological polar surface area (TPSA) is 50.4 Å². The molecule has 1 N–H and O–H groups in total. The van der Waals surface area contributed by atoms with Crippen molar-refractivity contribution in [3.8, 4) is 0 Å². The zero-order valence-corrected chi connectivity index (χ0v) is 7.37. The Balaban J connectivity index is 2.83. The number of furan rings is 1. The number of carboxylic acid groups (broad SMARTS) is 1. The molecule has 2 rings (SSSR count). The first-order valence-electron chi connectivity index (χ1n) is 4.01. The van der Waals surface area contributed by atoms with Gasteiger partial charge in [0.1, 0.15) is 11.8 Å². The minimum Gasteiger partial charge on any atom is -0.478 e. The number of fused-ring (bicyclic) bond motifs is 1. The standard InChI is InChI=1S/C10H7FO3/c1-5-2-3-6-7(10(12)13)4-14-9(6)8(5)11/h2-4H,1H3,(H,12,13). The van der Waals surface area contributed by atoms with Gasteiger partial charge in [0.2, 0.25) is 0 Å². The highest BCUT2D eigenvalue weighted by atomic mass is 19.1. The van der Waals surface area contributed by atoms with Crippen molar-refractivity contribution >= 4 is 16.9 Å². The van der Waals surface area contributed by atoms with E-state index in [2.05, 4.69) is 0 Å². The number of carboxylic acids is 1. The maximum Gasteiger partial charge on any atom is 0.339 e. The second-order valence-electron chi connectivity index (χ2n) is 3.03. The Morgan fingerprint density at radius 3 is 2.86 bits per heavy atom. The molecule has 1 heterocycles. The summed E-state index contributed by atoms with van der Waals surface area (Å²) in [4.78, 5) is 10.7. The number of aromatic carboxylic acids is 1. The molecule has 1 aromatic carbocycles. The van der Waals surface area contributed by atoms with Gasteiger partial charge in [0, 0.05) is 5.39 Å². The molecule has 0 bridgehead atoms. The normalized spacial score (nSPS) is 10.7. The lowest BCUT2D eigenvalue weighted by Crippen LogP contribution is -1.93. The quantitative estimate of drug-likeness (QED) is 0.758. The maximum absolute atomic E-state index is 13.4. The lowest BCUT2D eigenvalue weighted by Gasteiger charge is -1.95. The molecule has 4 heteroatoms. The SMILES string of the molecule is Cc1ccc2c(C(=O)O)coc2c1F. The Morgan fingerprint density at radius 1 is 1.50 bits per heavy atom. The average Bonchev–Trinajstić information content (AvgIpc) is 2.55. The van der Waals surface area contributed by atoms with Crippen LogP contribution in [0.1, 0.15) is 15.9 Å². The summed E-state index contributed by atoms with van der Waals surface area (Å²) in [5.74, 6) is -1.62. The van der Waals surface area contributed by atoms with Gasteiger partial charge in [0.15, 0.2) is 11.4 Å². The van der Waals surface area contributed by atoms with E-state index < -0.39 is 11.8 Å². The van der Waals surface area contributed by atoms with E-state index in [1.807, 2.05) is 0 Å². The molecule has 0 radical (unpaired) electrons. The third kappa shape index (κ3) is 1.08. The molecule has 0 unspecified atom stereocenters. The Bertz CT molecular complexity index is 513. The molecule has 0 aliphatic heterocycles. The van der Waals surface area contributed by atoms with Gasteiger partial charge < -0.3 is 9.52 Å². The highest BCUT2D eigenvalue weighted by Crippen LogP contribution is 2.25. The molecular weight excluding hydrogens is 187 g/mol. The smallest absolute Gasteiger partial charge is 0.339 e. The fraction of sp³-hybridized carbons (Fsp3) is 0.100. The number of aryl methyl sites for hydroxylation is 1. The van der Waals surface area contributed by atoms with Crippen LogP contribution in [0.3, 0.4) is 0 Å². The summed E-state index contributed by atoms with van der Waals surface area (Å²) in [6.07, 6.45) is 1.05. The highest BCUT2D eigenvalue weighted by molar-refractivity contribution is 6.02. The molecule has 2 aromatic rings. The molecule has 0 saturated heterocycles. The Kier molecular flexibility index (Phi) is 1.77. The van der Waals surface area contributed by atoms with Crippen LogP contribution in [0.15, 0.2) is 22.8 Å². The number of hydrogen-bond donors (Lipinski definition) is 1. The van der Waals surface area contributed by atoms with Crippen LogP contribution < -0.4 is 0 Å². The minimum atomic E-state index is -1.12. The molecule has 72 valence electrons. The molecule has 0 spiro atoms. The zero-order valence-electron chi connectivity index (χ0n) is 7.37. The van der Waals surface area contributed by atoms with E-state index in [0.29, 0.717) is 10.9 Å². The van der Waals surface area contributed by atoms with Crippen molar-refractivity contribution in [1.82, 2.24) is 0 Å². The van der Waals surface area contributed by atoms with Gasteiger partial charge in [0.05, 0.1) is 0 Å². The number of rotatable bonds is 1. The summed E-state index contributed by atoms with van der Waals surface area (Å²) in [5.41, 5.74) is 0.421. The molecule has 0 saturated carbocycles. The van der Waals surface area contributed by atoms with Gasteiger partial charge in [-0.1, -0.05) is 6.07 Å². The minimum absolute atomic E-state index is 0.00222. The van der Waals surface area contributed by atoms with Gasteiger partial charge in [0.25, 0.3) is 0 Å². The van der Waals surface area contributed by atoms with Crippen LogP contribution in [0, 0.1) is 12.7 Å². The van der Waals surface area contributed by atoms with Crippen molar-refractivity contribution in [2.45, 2.75) is 6.92 Å². The Labute approximate surface area is 78.8 Å². The predicted octanol–water partition coefficient (Wildman–Crippen LogP) is 2.58. The van der Waals surface area contributed by atoms with Gasteiger partial charge in [-0.25, -0.2) is 9.18 Å². The monoisotopic (exact) mass is 194 g/mol. The first-order valence-corrected chi connectivity index (χ1v) is 4.01. The summed E-state index contributed by atoms with van der Waals surface area (Å²) in [6, 6.07) is 3.07. The van der Waals surface area contributed by atoms with Crippen LogP contribution >= 0.6 is 0 Å². The molecule has 0 atom stereocenters. The van der Waals surface area contributed by atoms with Crippen LogP contribution in [-0.2, 0) is 0 Å². The molecular formula is C10H7FO3. The van der Waals surface area contributed by atoms with Crippen LogP contribution in [0.2, 0.25) is 0 Å². The summed E-state index contributed by atoms with van der Waals surface area (Å²) in [5, 5.41) is 9.04. The second kappa shape index (κ2) is 2.83. The number of hydrogen-bond acceptors (Lipinski definition) is 2. The third-order valence-corrected chi connectivity index (χ3v) is 2.11. The van der Waals surface area contributed by atoms with Crippen molar-refractivity contribution in [3.63, 3.8) is 0 Å². The second-order valence-corrected chi connectivity index (χ2v) is 3.03. The van der Waals surface area contributed by atoms with E-state index in [4.69, 9.17) is 9.52 Å².